The summed E-state index contributed by atoms with van der Waals surface area (Å²) in [5.41, 5.74) is 0.647. The number of anilines is 1. The molecule has 1 aromatic carbocycles. The van der Waals surface area contributed by atoms with Crippen molar-refractivity contribution in [2.24, 2.45) is 0 Å². The van der Waals surface area contributed by atoms with Crippen LogP contribution in [-0.2, 0) is 0 Å². The van der Waals surface area contributed by atoms with Crippen molar-refractivity contribution in [3.05, 3.63) is 47.5 Å². The number of thioether (sulfide) groups is 1. The maximum atomic E-state index is 12.3. The first-order valence-electron chi connectivity index (χ1n) is 6.25. The molecule has 0 saturated carbocycles. The highest BCUT2D eigenvalue weighted by molar-refractivity contribution is 8.02. The first-order valence-corrected chi connectivity index (χ1v) is 8.32. The molecule has 2 rings (SSSR count). The molecule has 0 saturated heterocycles. The third-order valence-electron chi connectivity index (χ3n) is 2.58. The number of aromatic nitrogens is 2. The number of carbonyl (C=O) groups is 1. The molecule has 1 N–H and O–H groups in total. The van der Waals surface area contributed by atoms with Gasteiger partial charge in [0.1, 0.15) is 0 Å². The van der Waals surface area contributed by atoms with Gasteiger partial charge in [0.15, 0.2) is 10.1 Å². The number of nitrogens with zero attached hydrogens (tertiary/aromatic N) is 2. The zero-order valence-corrected chi connectivity index (χ0v) is 13.8. The van der Waals surface area contributed by atoms with E-state index in [4.69, 9.17) is 11.6 Å². The highest BCUT2D eigenvalue weighted by Gasteiger charge is 2.18. The highest BCUT2D eigenvalue weighted by atomic mass is 35.5. The van der Waals surface area contributed by atoms with Crippen LogP contribution in [0.1, 0.15) is 17.3 Å². The molecule has 110 valence electrons. The van der Waals surface area contributed by atoms with E-state index >= 15 is 0 Å². The van der Waals surface area contributed by atoms with Gasteiger partial charge in [0, 0.05) is 17.1 Å². The number of benzene rings is 1. The van der Waals surface area contributed by atoms with E-state index < -0.39 is 0 Å². The van der Waals surface area contributed by atoms with Crippen molar-refractivity contribution in [2.45, 2.75) is 16.5 Å². The fourth-order valence-corrected chi connectivity index (χ4v) is 3.65. The monoisotopic (exact) mass is 339 g/mol. The molecule has 0 spiro atoms. The van der Waals surface area contributed by atoms with E-state index in [1.807, 2.05) is 6.92 Å². The van der Waals surface area contributed by atoms with Crippen LogP contribution in [-0.4, -0.2) is 27.8 Å². The second-order valence-corrected chi connectivity index (χ2v) is 7.18. The molecule has 1 atom stereocenters. The maximum Gasteiger partial charge on any atom is 0.206 e. The standard InChI is InChI=1S/C14H14ClN3OS2/c1-3-8-16-13-17-18-14(21-13)20-9(2)12(19)10-4-6-11(15)7-5-10/h3-7,9H,1,8H2,2H3,(H,16,17)/t9-/m0/s1. The molecule has 0 radical (unpaired) electrons. The van der Waals surface area contributed by atoms with Crippen molar-refractivity contribution in [1.82, 2.24) is 10.2 Å². The van der Waals surface area contributed by atoms with Gasteiger partial charge in [-0.25, -0.2) is 0 Å². The summed E-state index contributed by atoms with van der Waals surface area (Å²) in [6, 6.07) is 6.90. The molecule has 0 bridgehead atoms. The van der Waals surface area contributed by atoms with Crippen molar-refractivity contribution in [1.29, 1.82) is 0 Å². The average Bonchev–Trinajstić information content (AvgIpc) is 2.92. The van der Waals surface area contributed by atoms with E-state index in [9.17, 15) is 4.79 Å². The molecule has 1 aromatic heterocycles. The lowest BCUT2D eigenvalue weighted by Crippen LogP contribution is -2.13. The van der Waals surface area contributed by atoms with Gasteiger partial charge in [-0.1, -0.05) is 40.8 Å². The Labute approximate surface area is 136 Å². The summed E-state index contributed by atoms with van der Waals surface area (Å²) in [6.07, 6.45) is 1.75. The van der Waals surface area contributed by atoms with E-state index in [2.05, 4.69) is 22.1 Å². The van der Waals surface area contributed by atoms with Gasteiger partial charge in [-0.15, -0.1) is 16.8 Å². The van der Waals surface area contributed by atoms with Crippen molar-refractivity contribution in [3.63, 3.8) is 0 Å². The van der Waals surface area contributed by atoms with Crippen LogP contribution in [0, 0.1) is 0 Å². The van der Waals surface area contributed by atoms with Crippen LogP contribution in [0.3, 0.4) is 0 Å². The molecule has 0 aliphatic heterocycles. The number of halogens is 1. The molecule has 21 heavy (non-hydrogen) atoms. The van der Waals surface area contributed by atoms with E-state index in [0.29, 0.717) is 17.1 Å². The molecule has 7 heteroatoms. The number of ketones is 1. The summed E-state index contributed by atoms with van der Waals surface area (Å²) in [6.45, 7) is 6.13. The van der Waals surface area contributed by atoms with Crippen LogP contribution in [0.15, 0.2) is 41.3 Å². The molecular formula is C14H14ClN3OS2. The molecule has 0 aliphatic carbocycles. The molecule has 0 fully saturated rings. The second kappa shape index (κ2) is 7.59. The number of nitrogens with one attached hydrogen (secondary N) is 1. The Morgan fingerprint density at radius 2 is 2.19 bits per heavy atom. The minimum atomic E-state index is -0.230. The second-order valence-electron chi connectivity index (χ2n) is 4.17. The molecular weight excluding hydrogens is 326 g/mol. The Morgan fingerprint density at radius 1 is 1.48 bits per heavy atom. The number of rotatable bonds is 7. The number of Topliss-reactive ketones (excluding diaryl/α,β-unsaturated/α-hetero) is 1. The van der Waals surface area contributed by atoms with Crippen molar-refractivity contribution < 1.29 is 4.79 Å². The summed E-state index contributed by atoms with van der Waals surface area (Å²) >= 11 is 8.65. The molecule has 1 heterocycles. The van der Waals surface area contributed by atoms with Crippen LogP contribution in [0.2, 0.25) is 5.02 Å². The Kier molecular flexibility index (Phi) is 5.78. The zero-order chi connectivity index (χ0) is 15.2. The van der Waals surface area contributed by atoms with E-state index in [-0.39, 0.29) is 11.0 Å². The normalized spacial score (nSPS) is 11.9. The fourth-order valence-electron chi connectivity index (χ4n) is 1.54. The van der Waals surface area contributed by atoms with Crippen LogP contribution in [0.25, 0.3) is 0 Å². The fraction of sp³-hybridized carbons (Fsp3) is 0.214. The predicted octanol–water partition coefficient (Wildman–Crippen LogP) is 4.15. The van der Waals surface area contributed by atoms with E-state index in [1.54, 1.807) is 30.3 Å². The van der Waals surface area contributed by atoms with Crippen LogP contribution < -0.4 is 5.32 Å². The first kappa shape index (κ1) is 16.0. The van der Waals surface area contributed by atoms with Crippen LogP contribution in [0.4, 0.5) is 5.13 Å². The Bertz CT molecular complexity index is 627. The molecule has 2 aromatic rings. The first-order chi connectivity index (χ1) is 10.1. The minimum absolute atomic E-state index is 0.0486. The largest absolute Gasteiger partial charge is 0.357 e. The van der Waals surface area contributed by atoms with Crippen molar-refractivity contribution >= 4 is 45.6 Å². The van der Waals surface area contributed by atoms with E-state index in [1.165, 1.54) is 23.1 Å². The molecule has 0 unspecified atom stereocenters. The van der Waals surface area contributed by atoms with Gasteiger partial charge in [0.05, 0.1) is 5.25 Å². The Balaban J connectivity index is 1.98. The number of hydrogen-bond acceptors (Lipinski definition) is 6. The number of hydrogen-bond donors (Lipinski definition) is 1. The Hall–Kier alpha value is -1.37. The third kappa shape index (κ3) is 4.56. The van der Waals surface area contributed by atoms with Crippen LogP contribution in [0.5, 0.6) is 0 Å². The number of carbonyl (C=O) groups excluding carboxylic acids is 1. The summed E-state index contributed by atoms with van der Waals surface area (Å²) < 4.78 is 0.761. The van der Waals surface area contributed by atoms with Gasteiger partial charge >= 0.3 is 0 Å². The summed E-state index contributed by atoms with van der Waals surface area (Å²) in [5, 5.41) is 12.3. The van der Waals surface area contributed by atoms with Gasteiger partial charge in [-0.2, -0.15) is 0 Å². The predicted molar refractivity (Wildman–Crippen MR) is 89.7 cm³/mol. The lowest BCUT2D eigenvalue weighted by molar-refractivity contribution is 0.0994. The van der Waals surface area contributed by atoms with Crippen LogP contribution >= 0.6 is 34.7 Å². The van der Waals surface area contributed by atoms with Gasteiger partial charge in [0.2, 0.25) is 5.13 Å². The van der Waals surface area contributed by atoms with Gasteiger partial charge in [-0.3, -0.25) is 4.79 Å². The third-order valence-corrected chi connectivity index (χ3v) is 4.90. The highest BCUT2D eigenvalue weighted by Crippen LogP contribution is 2.30. The molecule has 4 nitrogen and oxygen atoms in total. The summed E-state index contributed by atoms with van der Waals surface area (Å²) in [7, 11) is 0. The van der Waals surface area contributed by atoms with Gasteiger partial charge in [-0.05, 0) is 31.2 Å². The molecule has 0 amide bonds. The lowest BCUT2D eigenvalue weighted by Gasteiger charge is -2.07. The molecule has 0 aliphatic rings. The zero-order valence-electron chi connectivity index (χ0n) is 11.4. The minimum Gasteiger partial charge on any atom is -0.357 e. The topological polar surface area (TPSA) is 54.9 Å². The quantitative estimate of drug-likeness (QED) is 0.466. The summed E-state index contributed by atoms with van der Waals surface area (Å²) in [4.78, 5) is 12.3. The van der Waals surface area contributed by atoms with Gasteiger partial charge in [0.25, 0.3) is 0 Å². The summed E-state index contributed by atoms with van der Waals surface area (Å²) in [5.74, 6) is 0.0486. The smallest absolute Gasteiger partial charge is 0.206 e. The van der Waals surface area contributed by atoms with E-state index in [0.717, 1.165) is 9.47 Å². The lowest BCUT2D eigenvalue weighted by atomic mass is 10.1. The van der Waals surface area contributed by atoms with Gasteiger partial charge < -0.3 is 5.32 Å². The average molecular weight is 340 g/mol. The Morgan fingerprint density at radius 3 is 2.86 bits per heavy atom. The maximum absolute atomic E-state index is 12.3. The van der Waals surface area contributed by atoms with Crippen molar-refractivity contribution in [3.8, 4) is 0 Å². The SMILES string of the molecule is C=CCNc1nnc(S[C@@H](C)C(=O)c2ccc(Cl)cc2)s1. The van der Waals surface area contributed by atoms with Crippen molar-refractivity contribution in [2.75, 3.05) is 11.9 Å².